The Hall–Kier alpha value is -1.78. The van der Waals surface area contributed by atoms with Crippen LogP contribution in [-0.4, -0.2) is 33.6 Å². The Kier molecular flexibility index (Phi) is 7.58. The van der Waals surface area contributed by atoms with Crippen LogP contribution in [-0.2, 0) is 6.54 Å². The number of anilines is 1. The van der Waals surface area contributed by atoms with E-state index in [-0.39, 0.29) is 5.82 Å². The molecule has 0 aromatic heterocycles. The normalized spacial score (nSPS) is 11.4. The predicted molar refractivity (Wildman–Crippen MR) is 88.5 cm³/mol. The zero-order chi connectivity index (χ0) is 15.7. The molecular formula is C16H27FN4. The van der Waals surface area contributed by atoms with Crippen LogP contribution in [0.25, 0.3) is 0 Å². The van der Waals surface area contributed by atoms with Gasteiger partial charge in [-0.15, -0.1) is 0 Å². The number of guanidine groups is 1. The second-order valence-electron chi connectivity index (χ2n) is 5.24. The first kappa shape index (κ1) is 17.3. The van der Waals surface area contributed by atoms with Gasteiger partial charge in [-0.2, -0.15) is 0 Å². The highest BCUT2D eigenvalue weighted by Gasteiger charge is 2.05. The fraction of sp³-hybridized carbons (Fsp3) is 0.562. The van der Waals surface area contributed by atoms with Crippen molar-refractivity contribution >= 4 is 11.6 Å². The van der Waals surface area contributed by atoms with E-state index >= 15 is 0 Å². The van der Waals surface area contributed by atoms with Gasteiger partial charge >= 0.3 is 0 Å². The Morgan fingerprint density at radius 2 is 2.00 bits per heavy atom. The van der Waals surface area contributed by atoms with Gasteiger partial charge in [0.15, 0.2) is 5.96 Å². The summed E-state index contributed by atoms with van der Waals surface area (Å²) in [5.74, 6) is 0.549. The molecule has 4 nitrogen and oxygen atoms in total. The number of hydrogen-bond donors (Lipinski definition) is 2. The van der Waals surface area contributed by atoms with E-state index in [2.05, 4.69) is 22.5 Å². The first-order valence-electron chi connectivity index (χ1n) is 7.48. The molecule has 2 N–H and O–H groups in total. The summed E-state index contributed by atoms with van der Waals surface area (Å²) in [5.41, 5.74) is 1.50. The predicted octanol–water partition coefficient (Wildman–Crippen LogP) is 2.75. The Bertz CT molecular complexity index is 458. The second kappa shape index (κ2) is 9.21. The zero-order valence-electron chi connectivity index (χ0n) is 13.5. The summed E-state index contributed by atoms with van der Waals surface area (Å²) in [5, 5.41) is 6.45. The van der Waals surface area contributed by atoms with E-state index in [1.54, 1.807) is 24.1 Å². The number of aliphatic imine (C=N–C) groups is 1. The van der Waals surface area contributed by atoms with E-state index in [1.807, 2.05) is 20.2 Å². The fourth-order valence-electron chi connectivity index (χ4n) is 2.01. The lowest BCUT2D eigenvalue weighted by molar-refractivity contribution is 0.622. The second-order valence-corrected chi connectivity index (χ2v) is 5.24. The van der Waals surface area contributed by atoms with Crippen LogP contribution in [0.5, 0.6) is 0 Å². The average Bonchev–Trinajstić information content (AvgIpc) is 2.46. The molecular weight excluding hydrogens is 267 g/mol. The van der Waals surface area contributed by atoms with E-state index in [0.717, 1.165) is 24.5 Å². The molecule has 0 atom stereocenters. The summed E-state index contributed by atoms with van der Waals surface area (Å²) in [6.45, 7) is 3.64. The molecule has 0 radical (unpaired) electrons. The third-order valence-corrected chi connectivity index (χ3v) is 3.25. The van der Waals surface area contributed by atoms with Crippen LogP contribution >= 0.6 is 0 Å². The van der Waals surface area contributed by atoms with Gasteiger partial charge in [0.2, 0.25) is 0 Å². The average molecular weight is 294 g/mol. The number of nitrogens with one attached hydrogen (secondary N) is 2. The molecule has 1 aromatic carbocycles. The van der Waals surface area contributed by atoms with Crippen molar-refractivity contribution in [2.45, 2.75) is 32.7 Å². The Balaban J connectivity index is 2.48. The summed E-state index contributed by atoms with van der Waals surface area (Å²) in [7, 11) is 5.40. The smallest absolute Gasteiger partial charge is 0.191 e. The minimum absolute atomic E-state index is 0.204. The first-order valence-corrected chi connectivity index (χ1v) is 7.48. The van der Waals surface area contributed by atoms with Crippen molar-refractivity contribution < 1.29 is 4.39 Å². The van der Waals surface area contributed by atoms with Crippen LogP contribution < -0.4 is 15.5 Å². The molecule has 0 aliphatic carbocycles. The summed E-state index contributed by atoms with van der Waals surface area (Å²) in [6.07, 6.45) is 3.54. The summed E-state index contributed by atoms with van der Waals surface area (Å²) >= 11 is 0. The van der Waals surface area contributed by atoms with Crippen LogP contribution in [0.2, 0.25) is 0 Å². The van der Waals surface area contributed by atoms with Gasteiger partial charge in [-0.25, -0.2) is 4.39 Å². The number of hydrogen-bond acceptors (Lipinski definition) is 2. The molecule has 0 amide bonds. The van der Waals surface area contributed by atoms with Gasteiger partial charge in [-0.3, -0.25) is 4.99 Å². The first-order chi connectivity index (χ1) is 10.1. The Morgan fingerprint density at radius 3 is 2.57 bits per heavy atom. The molecule has 1 aromatic rings. The van der Waals surface area contributed by atoms with Crippen LogP contribution in [0.4, 0.5) is 10.1 Å². The minimum Gasteiger partial charge on any atom is -0.375 e. The standard InChI is InChI=1S/C16H27FN4/c1-5-6-7-10-19-16(18-2)20-12-13-8-9-15(21(3)4)14(17)11-13/h8-9,11H,5-7,10,12H2,1-4H3,(H2,18,19,20). The number of rotatable bonds is 7. The van der Waals surface area contributed by atoms with Crippen molar-refractivity contribution in [1.29, 1.82) is 0 Å². The maximum atomic E-state index is 13.9. The van der Waals surface area contributed by atoms with Crippen molar-refractivity contribution in [3.63, 3.8) is 0 Å². The van der Waals surface area contributed by atoms with Gasteiger partial charge in [0.05, 0.1) is 5.69 Å². The topological polar surface area (TPSA) is 39.7 Å². The minimum atomic E-state index is -0.204. The maximum Gasteiger partial charge on any atom is 0.191 e. The lowest BCUT2D eigenvalue weighted by atomic mass is 10.2. The maximum absolute atomic E-state index is 13.9. The van der Waals surface area contributed by atoms with Crippen molar-refractivity contribution in [2.75, 3.05) is 32.6 Å². The molecule has 0 saturated carbocycles. The van der Waals surface area contributed by atoms with Crippen LogP contribution in [0.15, 0.2) is 23.2 Å². The summed E-state index contributed by atoms with van der Waals surface area (Å²) in [6, 6.07) is 5.28. The highest BCUT2D eigenvalue weighted by atomic mass is 19.1. The molecule has 0 heterocycles. The quantitative estimate of drug-likeness (QED) is 0.461. The molecule has 0 spiro atoms. The molecule has 0 aliphatic rings. The van der Waals surface area contributed by atoms with E-state index in [9.17, 15) is 4.39 Å². The zero-order valence-corrected chi connectivity index (χ0v) is 13.5. The molecule has 0 saturated heterocycles. The SMILES string of the molecule is CCCCCNC(=NC)NCc1ccc(N(C)C)c(F)c1. The molecule has 5 heteroatoms. The third kappa shape index (κ3) is 6.02. The van der Waals surface area contributed by atoms with E-state index in [1.165, 1.54) is 12.8 Å². The fourth-order valence-corrected chi connectivity index (χ4v) is 2.01. The largest absolute Gasteiger partial charge is 0.375 e. The van der Waals surface area contributed by atoms with Crippen molar-refractivity contribution in [3.05, 3.63) is 29.6 Å². The summed E-state index contributed by atoms with van der Waals surface area (Å²) in [4.78, 5) is 5.93. The van der Waals surface area contributed by atoms with Crippen molar-refractivity contribution in [3.8, 4) is 0 Å². The third-order valence-electron chi connectivity index (χ3n) is 3.25. The van der Waals surface area contributed by atoms with Gasteiger partial charge in [0.25, 0.3) is 0 Å². The van der Waals surface area contributed by atoms with Crippen LogP contribution in [0.3, 0.4) is 0 Å². The van der Waals surface area contributed by atoms with Gasteiger partial charge in [0, 0.05) is 34.2 Å². The lowest BCUT2D eigenvalue weighted by Gasteiger charge is -2.15. The molecule has 0 bridgehead atoms. The van der Waals surface area contributed by atoms with E-state index in [4.69, 9.17) is 0 Å². The lowest BCUT2D eigenvalue weighted by Crippen LogP contribution is -2.37. The van der Waals surface area contributed by atoms with E-state index < -0.39 is 0 Å². The van der Waals surface area contributed by atoms with Gasteiger partial charge in [0.1, 0.15) is 5.82 Å². The van der Waals surface area contributed by atoms with Crippen molar-refractivity contribution in [2.24, 2.45) is 4.99 Å². The number of halogens is 1. The summed E-state index contributed by atoms with van der Waals surface area (Å²) < 4.78 is 13.9. The molecule has 0 unspecified atom stereocenters. The number of unbranched alkanes of at least 4 members (excludes halogenated alkanes) is 2. The van der Waals surface area contributed by atoms with Crippen LogP contribution in [0.1, 0.15) is 31.7 Å². The van der Waals surface area contributed by atoms with Gasteiger partial charge in [-0.05, 0) is 24.1 Å². The van der Waals surface area contributed by atoms with Gasteiger partial charge < -0.3 is 15.5 Å². The number of nitrogens with zero attached hydrogens (tertiary/aromatic N) is 2. The molecule has 21 heavy (non-hydrogen) atoms. The monoisotopic (exact) mass is 294 g/mol. The highest BCUT2D eigenvalue weighted by Crippen LogP contribution is 2.18. The Labute approximate surface area is 127 Å². The van der Waals surface area contributed by atoms with Crippen molar-refractivity contribution in [1.82, 2.24) is 10.6 Å². The van der Waals surface area contributed by atoms with E-state index in [0.29, 0.717) is 12.2 Å². The molecule has 1 rings (SSSR count). The van der Waals surface area contributed by atoms with Crippen LogP contribution in [0, 0.1) is 5.82 Å². The Morgan fingerprint density at radius 1 is 1.24 bits per heavy atom. The molecule has 118 valence electrons. The molecule has 0 aliphatic heterocycles. The van der Waals surface area contributed by atoms with Gasteiger partial charge in [-0.1, -0.05) is 25.8 Å². The molecule has 0 fully saturated rings. The highest BCUT2D eigenvalue weighted by molar-refractivity contribution is 5.79. The number of benzene rings is 1.